The number of hydrogen-bond acceptors (Lipinski definition) is 7. The Labute approximate surface area is 187 Å². The summed E-state index contributed by atoms with van der Waals surface area (Å²) in [6.45, 7) is 2.01. The molecule has 0 aliphatic rings. The summed E-state index contributed by atoms with van der Waals surface area (Å²) in [4.78, 5) is 12.2. The first kappa shape index (κ1) is 21.9. The lowest BCUT2D eigenvalue weighted by Gasteiger charge is -2.07. The summed E-state index contributed by atoms with van der Waals surface area (Å²) in [6.07, 6.45) is 0.727. The number of halogens is 2. The van der Waals surface area contributed by atoms with Gasteiger partial charge in [-0.1, -0.05) is 72.2 Å². The van der Waals surface area contributed by atoms with Gasteiger partial charge in [0.15, 0.2) is 0 Å². The zero-order valence-corrected chi connectivity index (χ0v) is 18.3. The lowest BCUT2D eigenvalue weighted by Crippen LogP contribution is -2.17. The van der Waals surface area contributed by atoms with Crippen LogP contribution < -0.4 is 16.6 Å². The maximum absolute atomic E-state index is 12.2. The van der Waals surface area contributed by atoms with Gasteiger partial charge >= 0.3 is 0 Å². The highest BCUT2D eigenvalue weighted by atomic mass is 35.5. The summed E-state index contributed by atoms with van der Waals surface area (Å²) in [5.74, 6) is 6.10. The van der Waals surface area contributed by atoms with Crippen LogP contribution in [-0.4, -0.2) is 32.2 Å². The van der Waals surface area contributed by atoms with Crippen LogP contribution >= 0.6 is 35.0 Å². The Morgan fingerprint density at radius 3 is 2.53 bits per heavy atom. The molecule has 1 aromatic heterocycles. The summed E-state index contributed by atoms with van der Waals surface area (Å²) >= 11 is 13.0. The number of aromatic nitrogens is 3. The van der Waals surface area contributed by atoms with Gasteiger partial charge in [-0.3, -0.25) is 4.79 Å². The molecule has 0 saturated heterocycles. The maximum Gasteiger partial charge on any atom is 0.264 e. The van der Waals surface area contributed by atoms with Crippen molar-refractivity contribution < 1.29 is 4.79 Å². The smallest absolute Gasteiger partial charge is 0.264 e. The van der Waals surface area contributed by atoms with Gasteiger partial charge in [-0.25, -0.2) is 10.1 Å². The fourth-order valence-corrected chi connectivity index (χ4v) is 3.68. The van der Waals surface area contributed by atoms with E-state index in [0.717, 1.165) is 29.5 Å². The number of anilines is 2. The standard InChI is InChI=1S/C19H19Cl2N7OS/c1-2-16(12-6-4-3-5-7-12)24-25-18-26-27-19(28(18)22)30-11-17(29)23-15-9-13(20)8-14(21)10-15/h3-10H,2,11,22H2,1H3,(H,23,29)(H,25,26)/b24-16-. The third kappa shape index (κ3) is 5.88. The highest BCUT2D eigenvalue weighted by Gasteiger charge is 2.13. The van der Waals surface area contributed by atoms with Crippen molar-refractivity contribution in [3.05, 3.63) is 64.1 Å². The van der Waals surface area contributed by atoms with Crippen LogP contribution in [-0.2, 0) is 4.79 Å². The molecule has 2 aromatic carbocycles. The first-order valence-electron chi connectivity index (χ1n) is 8.93. The first-order valence-corrected chi connectivity index (χ1v) is 10.7. The van der Waals surface area contributed by atoms with Crippen LogP contribution in [0.15, 0.2) is 58.8 Å². The Hall–Kier alpha value is -2.75. The summed E-state index contributed by atoms with van der Waals surface area (Å²) in [5.41, 5.74) is 5.20. The van der Waals surface area contributed by atoms with Crippen LogP contribution in [0.1, 0.15) is 18.9 Å². The molecule has 11 heteroatoms. The molecular formula is C19H19Cl2N7OS. The Balaban J connectivity index is 1.59. The molecule has 0 aliphatic carbocycles. The van der Waals surface area contributed by atoms with Crippen molar-refractivity contribution in [3.8, 4) is 0 Å². The molecule has 1 amide bonds. The topological polar surface area (TPSA) is 110 Å². The van der Waals surface area contributed by atoms with Gasteiger partial charge < -0.3 is 11.2 Å². The molecule has 0 saturated carbocycles. The number of amides is 1. The largest absolute Gasteiger partial charge is 0.334 e. The molecule has 0 atom stereocenters. The van der Waals surface area contributed by atoms with Crippen LogP contribution in [0, 0.1) is 0 Å². The summed E-state index contributed by atoms with van der Waals surface area (Å²) in [7, 11) is 0. The Kier molecular flexibility index (Phi) is 7.56. The van der Waals surface area contributed by atoms with E-state index in [1.54, 1.807) is 18.2 Å². The molecule has 0 radical (unpaired) electrons. The number of rotatable bonds is 8. The van der Waals surface area contributed by atoms with E-state index in [-0.39, 0.29) is 17.6 Å². The fraction of sp³-hybridized carbons (Fsp3) is 0.158. The van der Waals surface area contributed by atoms with Crippen molar-refractivity contribution in [1.82, 2.24) is 14.9 Å². The maximum atomic E-state index is 12.2. The van der Waals surface area contributed by atoms with E-state index in [0.29, 0.717) is 20.9 Å². The van der Waals surface area contributed by atoms with E-state index in [4.69, 9.17) is 29.0 Å². The normalized spacial score (nSPS) is 11.4. The van der Waals surface area contributed by atoms with Gasteiger partial charge in [-0.15, -0.1) is 10.2 Å². The van der Waals surface area contributed by atoms with Gasteiger partial charge in [0.2, 0.25) is 11.1 Å². The van der Waals surface area contributed by atoms with Gasteiger partial charge in [0.1, 0.15) is 0 Å². The van der Waals surface area contributed by atoms with E-state index < -0.39 is 0 Å². The van der Waals surface area contributed by atoms with Gasteiger partial charge in [-0.2, -0.15) is 5.10 Å². The molecular weight excluding hydrogens is 445 g/mol. The molecule has 156 valence electrons. The third-order valence-corrected chi connectivity index (χ3v) is 5.26. The minimum atomic E-state index is -0.258. The van der Waals surface area contributed by atoms with Crippen LogP contribution in [0.25, 0.3) is 0 Å². The first-order chi connectivity index (χ1) is 14.5. The average Bonchev–Trinajstić information content (AvgIpc) is 3.06. The second kappa shape index (κ2) is 10.3. The number of carbonyl (C=O) groups excluding carboxylic acids is 1. The number of nitrogen functional groups attached to an aromatic ring is 1. The van der Waals surface area contributed by atoms with Crippen LogP contribution in [0.3, 0.4) is 0 Å². The van der Waals surface area contributed by atoms with Crippen molar-refractivity contribution in [2.24, 2.45) is 5.10 Å². The van der Waals surface area contributed by atoms with Gasteiger partial charge in [0.05, 0.1) is 11.5 Å². The number of carbonyl (C=O) groups is 1. The predicted molar refractivity (Wildman–Crippen MR) is 123 cm³/mol. The lowest BCUT2D eigenvalue weighted by molar-refractivity contribution is -0.113. The zero-order valence-electron chi connectivity index (χ0n) is 16.0. The Bertz CT molecular complexity index is 1040. The van der Waals surface area contributed by atoms with Gasteiger partial charge in [0.25, 0.3) is 5.95 Å². The number of hydrogen-bond donors (Lipinski definition) is 3. The molecule has 8 nitrogen and oxygen atoms in total. The molecule has 3 aromatic rings. The Morgan fingerprint density at radius 1 is 1.17 bits per heavy atom. The van der Waals surface area contributed by atoms with Crippen molar-refractivity contribution in [3.63, 3.8) is 0 Å². The highest BCUT2D eigenvalue weighted by Crippen LogP contribution is 2.23. The lowest BCUT2D eigenvalue weighted by atomic mass is 10.1. The summed E-state index contributed by atoms with van der Waals surface area (Å²) in [6, 6.07) is 14.6. The summed E-state index contributed by atoms with van der Waals surface area (Å²) in [5, 5.41) is 16.3. The second-order valence-corrected chi connectivity index (χ2v) is 7.88. The number of benzene rings is 2. The van der Waals surface area contributed by atoms with Crippen LogP contribution in [0.5, 0.6) is 0 Å². The molecule has 4 N–H and O–H groups in total. The molecule has 0 bridgehead atoms. The van der Waals surface area contributed by atoms with E-state index in [2.05, 4.69) is 26.0 Å². The number of nitrogens with two attached hydrogens (primary N) is 1. The molecule has 0 aliphatic heterocycles. The fourth-order valence-electron chi connectivity index (χ4n) is 2.50. The van der Waals surface area contributed by atoms with Crippen LogP contribution in [0.4, 0.5) is 11.6 Å². The second-order valence-electron chi connectivity index (χ2n) is 6.06. The van der Waals surface area contributed by atoms with E-state index in [9.17, 15) is 4.79 Å². The molecule has 0 fully saturated rings. The van der Waals surface area contributed by atoms with Crippen molar-refractivity contribution in [1.29, 1.82) is 0 Å². The molecule has 30 heavy (non-hydrogen) atoms. The van der Waals surface area contributed by atoms with E-state index >= 15 is 0 Å². The predicted octanol–water partition coefficient (Wildman–Crippen LogP) is 4.26. The summed E-state index contributed by atoms with van der Waals surface area (Å²) < 4.78 is 1.25. The Morgan fingerprint density at radius 2 is 1.87 bits per heavy atom. The quantitative estimate of drug-likeness (QED) is 0.199. The average molecular weight is 464 g/mol. The molecule has 0 unspecified atom stereocenters. The molecule has 1 heterocycles. The monoisotopic (exact) mass is 463 g/mol. The molecule has 3 rings (SSSR count). The minimum Gasteiger partial charge on any atom is -0.334 e. The highest BCUT2D eigenvalue weighted by molar-refractivity contribution is 7.99. The van der Waals surface area contributed by atoms with Crippen LogP contribution in [0.2, 0.25) is 10.0 Å². The van der Waals surface area contributed by atoms with Crippen molar-refractivity contribution in [2.75, 3.05) is 22.3 Å². The van der Waals surface area contributed by atoms with E-state index in [1.807, 2.05) is 37.3 Å². The van der Waals surface area contributed by atoms with Gasteiger partial charge in [0, 0.05) is 15.7 Å². The third-order valence-electron chi connectivity index (χ3n) is 3.88. The SMILES string of the molecule is CC/C(=N/Nc1nnc(SCC(=O)Nc2cc(Cl)cc(Cl)c2)n1N)c1ccccc1. The number of thioether (sulfide) groups is 1. The zero-order chi connectivity index (χ0) is 21.5. The number of hydrazone groups is 1. The van der Waals surface area contributed by atoms with Crippen molar-refractivity contribution >= 4 is 58.2 Å². The van der Waals surface area contributed by atoms with Gasteiger partial charge in [-0.05, 0) is 30.2 Å². The van der Waals surface area contributed by atoms with Crippen molar-refractivity contribution in [2.45, 2.75) is 18.5 Å². The minimum absolute atomic E-state index is 0.0763. The van der Waals surface area contributed by atoms with E-state index in [1.165, 1.54) is 4.68 Å². The molecule has 0 spiro atoms. The number of nitrogens with zero attached hydrogens (tertiary/aromatic N) is 4. The number of nitrogens with one attached hydrogen (secondary N) is 2.